The summed E-state index contributed by atoms with van der Waals surface area (Å²) in [7, 11) is 0. The van der Waals surface area contributed by atoms with Gasteiger partial charge in [0.2, 0.25) is 5.91 Å². The van der Waals surface area contributed by atoms with Crippen molar-refractivity contribution in [3.8, 4) is 0 Å². The van der Waals surface area contributed by atoms with Crippen molar-refractivity contribution in [2.75, 3.05) is 25.1 Å². The number of benzene rings is 1. The third-order valence-electron chi connectivity index (χ3n) is 3.76. The number of hydrogen-bond donors (Lipinski definition) is 2. The van der Waals surface area contributed by atoms with Gasteiger partial charge in [-0.05, 0) is 43.5 Å². The number of nitrogens with one attached hydrogen (secondary N) is 1. The highest BCUT2D eigenvalue weighted by Gasteiger charge is 2.38. The summed E-state index contributed by atoms with van der Waals surface area (Å²) in [6, 6.07) is 5.80. The van der Waals surface area contributed by atoms with Crippen molar-refractivity contribution in [1.82, 2.24) is 0 Å². The Labute approximate surface area is 121 Å². The molecule has 1 saturated heterocycles. The molecule has 0 bridgehead atoms. The second kappa shape index (κ2) is 6.03. The van der Waals surface area contributed by atoms with E-state index in [-0.39, 0.29) is 5.91 Å². The Morgan fingerprint density at radius 3 is 2.74 bits per heavy atom. The van der Waals surface area contributed by atoms with E-state index in [4.69, 9.17) is 10.5 Å². The molecule has 3 N–H and O–H groups in total. The van der Waals surface area contributed by atoms with Crippen molar-refractivity contribution < 1.29 is 9.53 Å². The maximum Gasteiger partial charge on any atom is 0.232 e. The molecule has 4 nitrogen and oxygen atoms in total. The fourth-order valence-corrected chi connectivity index (χ4v) is 2.78. The molecule has 19 heavy (non-hydrogen) atoms. The van der Waals surface area contributed by atoms with Crippen molar-refractivity contribution in [3.63, 3.8) is 0 Å². The predicted molar refractivity (Wildman–Crippen MR) is 79.0 cm³/mol. The van der Waals surface area contributed by atoms with Crippen molar-refractivity contribution in [3.05, 3.63) is 28.2 Å². The molecule has 1 heterocycles. The van der Waals surface area contributed by atoms with Crippen LogP contribution >= 0.6 is 15.9 Å². The Bertz CT molecular complexity index is 471. The fraction of sp³-hybridized carbons (Fsp3) is 0.500. The highest BCUT2D eigenvalue weighted by atomic mass is 79.9. The maximum absolute atomic E-state index is 12.5. The van der Waals surface area contributed by atoms with Crippen LogP contribution in [0.15, 0.2) is 22.7 Å². The molecule has 0 spiro atoms. The monoisotopic (exact) mass is 326 g/mol. The van der Waals surface area contributed by atoms with Gasteiger partial charge in [0, 0.05) is 29.9 Å². The molecule has 2 rings (SSSR count). The van der Waals surface area contributed by atoms with Crippen molar-refractivity contribution in [2.45, 2.75) is 19.8 Å². The molecule has 0 saturated carbocycles. The maximum atomic E-state index is 12.5. The van der Waals surface area contributed by atoms with Crippen LogP contribution in [-0.4, -0.2) is 25.7 Å². The van der Waals surface area contributed by atoms with Crippen molar-refractivity contribution in [1.29, 1.82) is 0 Å². The highest BCUT2D eigenvalue weighted by molar-refractivity contribution is 9.10. The third kappa shape index (κ3) is 3.16. The van der Waals surface area contributed by atoms with Crippen molar-refractivity contribution in [2.24, 2.45) is 11.1 Å². The molecule has 1 amide bonds. The van der Waals surface area contributed by atoms with E-state index in [9.17, 15) is 4.79 Å². The number of rotatable bonds is 3. The molecule has 1 aliphatic rings. The molecule has 0 unspecified atom stereocenters. The molecule has 1 aromatic carbocycles. The summed E-state index contributed by atoms with van der Waals surface area (Å²) in [4.78, 5) is 12.5. The average molecular weight is 327 g/mol. The zero-order valence-electron chi connectivity index (χ0n) is 11.0. The van der Waals surface area contributed by atoms with Gasteiger partial charge < -0.3 is 15.8 Å². The zero-order chi connectivity index (χ0) is 13.9. The zero-order valence-corrected chi connectivity index (χ0v) is 12.6. The molecule has 1 aliphatic heterocycles. The summed E-state index contributed by atoms with van der Waals surface area (Å²) in [6.45, 7) is 3.53. The number of hydrogen-bond acceptors (Lipinski definition) is 3. The van der Waals surface area contributed by atoms with E-state index in [0.29, 0.717) is 32.6 Å². The smallest absolute Gasteiger partial charge is 0.232 e. The number of amides is 1. The SMILES string of the molecule is Cc1cc(Br)ccc1NC(=O)C1(CN)CCOCC1. The number of ether oxygens (including phenoxy) is 1. The average Bonchev–Trinajstić information content (AvgIpc) is 2.42. The number of halogens is 1. The van der Waals surface area contributed by atoms with Gasteiger partial charge in [0.15, 0.2) is 0 Å². The summed E-state index contributed by atoms with van der Waals surface area (Å²) in [5.41, 5.74) is 7.21. The second-order valence-electron chi connectivity index (χ2n) is 5.01. The first-order valence-corrected chi connectivity index (χ1v) is 7.22. The van der Waals surface area contributed by atoms with E-state index in [1.807, 2.05) is 25.1 Å². The number of carbonyl (C=O) groups is 1. The number of anilines is 1. The minimum Gasteiger partial charge on any atom is -0.381 e. The third-order valence-corrected chi connectivity index (χ3v) is 4.25. The van der Waals surface area contributed by atoms with Crippen LogP contribution in [0.4, 0.5) is 5.69 Å². The normalized spacial score (nSPS) is 18.1. The summed E-state index contributed by atoms with van der Waals surface area (Å²) < 4.78 is 6.33. The van der Waals surface area contributed by atoms with Crippen LogP contribution in [0.2, 0.25) is 0 Å². The molecule has 104 valence electrons. The largest absolute Gasteiger partial charge is 0.381 e. The lowest BCUT2D eigenvalue weighted by Crippen LogP contribution is -2.46. The van der Waals surface area contributed by atoms with E-state index in [1.54, 1.807) is 0 Å². The van der Waals surface area contributed by atoms with Gasteiger partial charge in [0.05, 0.1) is 5.41 Å². The molecule has 0 aliphatic carbocycles. The molecule has 0 aromatic heterocycles. The van der Waals surface area contributed by atoms with Gasteiger partial charge in [-0.25, -0.2) is 0 Å². The highest BCUT2D eigenvalue weighted by Crippen LogP contribution is 2.31. The van der Waals surface area contributed by atoms with Crippen LogP contribution in [0.25, 0.3) is 0 Å². The molecule has 1 fully saturated rings. The Morgan fingerprint density at radius 2 is 2.16 bits per heavy atom. The molecule has 0 radical (unpaired) electrons. The van der Waals surface area contributed by atoms with Crippen LogP contribution in [0.3, 0.4) is 0 Å². The van der Waals surface area contributed by atoms with Gasteiger partial charge in [-0.1, -0.05) is 15.9 Å². The van der Waals surface area contributed by atoms with Crippen LogP contribution in [0, 0.1) is 12.3 Å². The van der Waals surface area contributed by atoms with Crippen LogP contribution in [0.1, 0.15) is 18.4 Å². The first-order chi connectivity index (χ1) is 9.07. The van der Waals surface area contributed by atoms with Gasteiger partial charge in [-0.2, -0.15) is 0 Å². The van der Waals surface area contributed by atoms with Crippen LogP contribution in [0.5, 0.6) is 0 Å². The Morgan fingerprint density at radius 1 is 1.47 bits per heavy atom. The van der Waals surface area contributed by atoms with E-state index >= 15 is 0 Å². The topological polar surface area (TPSA) is 64.4 Å². The van der Waals surface area contributed by atoms with Crippen LogP contribution in [-0.2, 0) is 9.53 Å². The summed E-state index contributed by atoms with van der Waals surface area (Å²) in [5.74, 6) is 0.00345. The quantitative estimate of drug-likeness (QED) is 0.896. The minimum atomic E-state index is -0.488. The second-order valence-corrected chi connectivity index (χ2v) is 5.93. The summed E-state index contributed by atoms with van der Waals surface area (Å²) >= 11 is 3.41. The van der Waals surface area contributed by atoms with Gasteiger partial charge in [-0.3, -0.25) is 4.79 Å². The number of carbonyl (C=O) groups excluding carboxylic acids is 1. The van der Waals surface area contributed by atoms with E-state index in [2.05, 4.69) is 21.2 Å². The predicted octanol–water partition coefficient (Wildman–Crippen LogP) is 2.45. The van der Waals surface area contributed by atoms with Crippen molar-refractivity contribution >= 4 is 27.5 Å². The lowest BCUT2D eigenvalue weighted by molar-refractivity contribution is -0.130. The summed E-state index contributed by atoms with van der Waals surface area (Å²) in [6.07, 6.45) is 1.37. The lowest BCUT2D eigenvalue weighted by Gasteiger charge is -2.34. The standard InChI is InChI=1S/C14H19BrN2O2/c1-10-8-11(15)2-3-12(10)17-13(18)14(9-16)4-6-19-7-5-14/h2-3,8H,4-7,9,16H2,1H3,(H,17,18). The van der Waals surface area contributed by atoms with Gasteiger partial charge in [0.1, 0.15) is 0 Å². The van der Waals surface area contributed by atoms with E-state index in [0.717, 1.165) is 15.7 Å². The Hall–Kier alpha value is -0.910. The van der Waals surface area contributed by atoms with Gasteiger partial charge in [-0.15, -0.1) is 0 Å². The van der Waals surface area contributed by atoms with Crippen LogP contribution < -0.4 is 11.1 Å². The minimum absolute atomic E-state index is 0.00345. The van der Waals surface area contributed by atoms with Gasteiger partial charge >= 0.3 is 0 Å². The number of aryl methyl sites for hydroxylation is 1. The summed E-state index contributed by atoms with van der Waals surface area (Å²) in [5, 5.41) is 3.00. The molecule has 5 heteroatoms. The first-order valence-electron chi connectivity index (χ1n) is 6.43. The van der Waals surface area contributed by atoms with Gasteiger partial charge in [0.25, 0.3) is 0 Å². The lowest BCUT2D eigenvalue weighted by atomic mass is 9.79. The molecular weight excluding hydrogens is 308 g/mol. The molecule has 1 aromatic rings. The van der Waals surface area contributed by atoms with E-state index in [1.165, 1.54) is 0 Å². The molecular formula is C14H19BrN2O2. The fourth-order valence-electron chi connectivity index (χ4n) is 2.31. The van der Waals surface area contributed by atoms with E-state index < -0.39 is 5.41 Å². The number of nitrogens with two attached hydrogens (primary N) is 1. The molecule has 0 atom stereocenters. The Balaban J connectivity index is 2.15. The Kier molecular flexibility index (Phi) is 4.60. The first kappa shape index (κ1) is 14.5.